The Kier molecular flexibility index (Phi) is 4.82. The van der Waals surface area contributed by atoms with Crippen molar-refractivity contribution in [3.05, 3.63) is 29.8 Å². The van der Waals surface area contributed by atoms with Gasteiger partial charge in [0.2, 0.25) is 0 Å². The van der Waals surface area contributed by atoms with Gasteiger partial charge in [0.05, 0.1) is 0 Å². The van der Waals surface area contributed by atoms with Gasteiger partial charge >= 0.3 is 12.1 Å². The Labute approximate surface area is 135 Å². The summed E-state index contributed by atoms with van der Waals surface area (Å²) in [6.45, 7) is 5.56. The zero-order valence-corrected chi connectivity index (χ0v) is 13.7. The molecule has 2 N–H and O–H groups in total. The van der Waals surface area contributed by atoms with Gasteiger partial charge in [-0.25, -0.2) is 9.59 Å². The van der Waals surface area contributed by atoms with Crippen LogP contribution in [-0.2, 0) is 9.53 Å². The largest absolute Gasteiger partial charge is 0.508 e. The molecule has 1 heterocycles. The number of carbonyl (C=O) groups excluding carboxylic acids is 1. The van der Waals surface area contributed by atoms with Crippen molar-refractivity contribution in [1.82, 2.24) is 4.90 Å². The zero-order chi connectivity index (χ0) is 17.2. The molecule has 1 aromatic carbocycles. The number of ether oxygens (including phenoxy) is 1. The Hall–Kier alpha value is -2.24. The van der Waals surface area contributed by atoms with E-state index in [2.05, 4.69) is 0 Å². The summed E-state index contributed by atoms with van der Waals surface area (Å²) in [6, 6.07) is 5.90. The Morgan fingerprint density at radius 1 is 1.30 bits per heavy atom. The summed E-state index contributed by atoms with van der Waals surface area (Å²) < 4.78 is 5.30. The van der Waals surface area contributed by atoms with E-state index in [4.69, 9.17) is 4.74 Å². The molecule has 0 bridgehead atoms. The van der Waals surface area contributed by atoms with Crippen LogP contribution >= 0.6 is 0 Å². The number of carbonyl (C=O) groups is 2. The van der Waals surface area contributed by atoms with Crippen LogP contribution in [0, 0.1) is 0 Å². The van der Waals surface area contributed by atoms with Crippen molar-refractivity contribution in [2.75, 3.05) is 6.54 Å². The first kappa shape index (κ1) is 17.1. The normalized spacial score (nSPS) is 21.8. The first-order chi connectivity index (χ1) is 10.7. The van der Waals surface area contributed by atoms with E-state index in [0.717, 1.165) is 5.56 Å². The van der Waals surface area contributed by atoms with Gasteiger partial charge in [-0.15, -0.1) is 0 Å². The zero-order valence-electron chi connectivity index (χ0n) is 13.7. The third kappa shape index (κ3) is 4.37. The van der Waals surface area contributed by atoms with E-state index in [-0.39, 0.29) is 11.7 Å². The summed E-state index contributed by atoms with van der Waals surface area (Å²) in [6.07, 6.45) is 0.337. The van der Waals surface area contributed by atoms with E-state index in [0.29, 0.717) is 19.4 Å². The molecule has 0 aliphatic carbocycles. The smallest absolute Gasteiger partial charge is 0.411 e. The van der Waals surface area contributed by atoms with Gasteiger partial charge in [-0.05, 0) is 57.2 Å². The fourth-order valence-electron chi connectivity index (χ4n) is 2.82. The average Bonchev–Trinajstić information content (AvgIpc) is 2.44. The Morgan fingerprint density at radius 3 is 2.57 bits per heavy atom. The summed E-state index contributed by atoms with van der Waals surface area (Å²) in [5, 5.41) is 19.1. The number of hydrogen-bond acceptors (Lipinski definition) is 4. The molecule has 0 aromatic heterocycles. The fraction of sp³-hybridized carbons (Fsp3) is 0.529. The van der Waals surface area contributed by atoms with E-state index < -0.39 is 23.7 Å². The molecule has 1 aliphatic rings. The van der Waals surface area contributed by atoms with Crippen molar-refractivity contribution in [3.63, 3.8) is 0 Å². The van der Waals surface area contributed by atoms with Gasteiger partial charge in [0.25, 0.3) is 0 Å². The molecule has 6 heteroatoms. The molecule has 23 heavy (non-hydrogen) atoms. The van der Waals surface area contributed by atoms with Gasteiger partial charge < -0.3 is 14.9 Å². The monoisotopic (exact) mass is 321 g/mol. The molecule has 0 saturated carbocycles. The van der Waals surface area contributed by atoms with E-state index in [1.165, 1.54) is 4.90 Å². The molecule has 1 saturated heterocycles. The first-order valence-corrected chi connectivity index (χ1v) is 7.69. The molecular formula is C17H23NO5. The van der Waals surface area contributed by atoms with E-state index >= 15 is 0 Å². The lowest BCUT2D eigenvalue weighted by atomic mass is 9.85. The molecule has 2 unspecified atom stereocenters. The molecule has 1 aliphatic heterocycles. The molecule has 0 radical (unpaired) electrons. The van der Waals surface area contributed by atoms with Crippen molar-refractivity contribution in [1.29, 1.82) is 0 Å². The lowest BCUT2D eigenvalue weighted by molar-refractivity contribution is -0.144. The number of benzene rings is 1. The predicted molar refractivity (Wildman–Crippen MR) is 84.4 cm³/mol. The number of rotatable bonds is 2. The highest BCUT2D eigenvalue weighted by molar-refractivity contribution is 5.80. The lowest BCUT2D eigenvalue weighted by Crippen LogP contribution is -2.51. The van der Waals surface area contributed by atoms with Crippen LogP contribution in [-0.4, -0.2) is 45.4 Å². The van der Waals surface area contributed by atoms with Gasteiger partial charge in [-0.2, -0.15) is 0 Å². The summed E-state index contributed by atoms with van der Waals surface area (Å²) >= 11 is 0. The Balaban J connectivity index is 2.15. The van der Waals surface area contributed by atoms with Crippen LogP contribution < -0.4 is 0 Å². The molecule has 126 valence electrons. The Morgan fingerprint density at radius 2 is 2.00 bits per heavy atom. The highest BCUT2D eigenvalue weighted by Crippen LogP contribution is 2.33. The van der Waals surface area contributed by atoms with Gasteiger partial charge in [-0.1, -0.05) is 12.1 Å². The third-order valence-electron chi connectivity index (χ3n) is 3.86. The van der Waals surface area contributed by atoms with Gasteiger partial charge in [0, 0.05) is 6.54 Å². The number of nitrogens with zero attached hydrogens (tertiary/aromatic N) is 1. The van der Waals surface area contributed by atoms with Crippen molar-refractivity contribution < 1.29 is 24.5 Å². The van der Waals surface area contributed by atoms with Crippen molar-refractivity contribution in [2.24, 2.45) is 0 Å². The van der Waals surface area contributed by atoms with Crippen LogP contribution in [0.15, 0.2) is 24.3 Å². The molecule has 0 spiro atoms. The van der Waals surface area contributed by atoms with E-state index in [1.54, 1.807) is 39.0 Å². The number of carboxylic acid groups (broad SMARTS) is 1. The van der Waals surface area contributed by atoms with Crippen molar-refractivity contribution >= 4 is 12.1 Å². The lowest BCUT2D eigenvalue weighted by Gasteiger charge is -2.38. The quantitative estimate of drug-likeness (QED) is 0.874. The number of aromatic hydroxyl groups is 1. The maximum atomic E-state index is 12.2. The molecule has 1 amide bonds. The van der Waals surface area contributed by atoms with Gasteiger partial charge in [-0.3, -0.25) is 4.90 Å². The van der Waals surface area contributed by atoms with Crippen LogP contribution in [0.5, 0.6) is 5.75 Å². The average molecular weight is 321 g/mol. The van der Waals surface area contributed by atoms with Crippen LogP contribution in [0.1, 0.15) is 45.1 Å². The van der Waals surface area contributed by atoms with Gasteiger partial charge in [0.15, 0.2) is 0 Å². The summed E-state index contributed by atoms with van der Waals surface area (Å²) in [5.74, 6) is -0.897. The second kappa shape index (κ2) is 6.48. The molecule has 1 fully saturated rings. The van der Waals surface area contributed by atoms with Crippen molar-refractivity contribution in [3.8, 4) is 5.75 Å². The number of likely N-dealkylation sites (tertiary alicyclic amines) is 1. The second-order valence-corrected chi connectivity index (χ2v) is 6.84. The molecule has 6 nitrogen and oxygen atoms in total. The highest BCUT2D eigenvalue weighted by atomic mass is 16.6. The van der Waals surface area contributed by atoms with Crippen LogP contribution in [0.2, 0.25) is 0 Å². The third-order valence-corrected chi connectivity index (χ3v) is 3.86. The van der Waals surface area contributed by atoms with E-state index in [9.17, 15) is 19.8 Å². The number of carboxylic acids is 1. The van der Waals surface area contributed by atoms with E-state index in [1.807, 2.05) is 6.07 Å². The summed E-state index contributed by atoms with van der Waals surface area (Å²) in [7, 11) is 0. The van der Waals surface area contributed by atoms with Crippen LogP contribution in [0.25, 0.3) is 0 Å². The maximum absolute atomic E-state index is 12.2. The summed E-state index contributed by atoms with van der Waals surface area (Å²) in [5.41, 5.74) is 0.224. The molecule has 2 rings (SSSR count). The number of phenolic OH excluding ortho intramolecular Hbond substituents is 1. The fourth-order valence-corrected chi connectivity index (χ4v) is 2.82. The predicted octanol–water partition coefficient (Wildman–Crippen LogP) is 2.96. The van der Waals surface area contributed by atoms with Crippen LogP contribution in [0.4, 0.5) is 4.79 Å². The minimum absolute atomic E-state index is 0.0121. The second-order valence-electron chi connectivity index (χ2n) is 6.84. The van der Waals surface area contributed by atoms with Crippen molar-refractivity contribution in [2.45, 2.75) is 51.2 Å². The SMILES string of the molecule is CC(C)(C)OC(=O)N1CCC(c2cccc(O)c2)CC1C(=O)O. The Bertz CT molecular complexity index is 593. The summed E-state index contributed by atoms with van der Waals surface area (Å²) in [4.78, 5) is 25.1. The maximum Gasteiger partial charge on any atom is 0.411 e. The number of phenols is 1. The van der Waals surface area contributed by atoms with Gasteiger partial charge in [0.1, 0.15) is 17.4 Å². The molecule has 1 aromatic rings. The first-order valence-electron chi connectivity index (χ1n) is 7.69. The molecular weight excluding hydrogens is 298 g/mol. The minimum atomic E-state index is -1.04. The number of hydrogen-bond donors (Lipinski definition) is 2. The highest BCUT2D eigenvalue weighted by Gasteiger charge is 2.38. The number of amides is 1. The standard InChI is InChI=1S/C17H23NO5/c1-17(2,3)23-16(22)18-8-7-12(10-14(18)15(20)21)11-5-4-6-13(19)9-11/h4-6,9,12,14,19H,7-8,10H2,1-3H3,(H,20,21). The molecule has 2 atom stereocenters. The minimum Gasteiger partial charge on any atom is -0.508 e. The number of piperidine rings is 1. The van der Waals surface area contributed by atoms with Crippen LogP contribution in [0.3, 0.4) is 0 Å². The topological polar surface area (TPSA) is 87.1 Å². The number of aliphatic carboxylic acids is 1.